The average Bonchev–Trinajstić information content (AvgIpc) is 2.98. The van der Waals surface area contributed by atoms with Gasteiger partial charge in [0, 0.05) is 4.88 Å². The van der Waals surface area contributed by atoms with Gasteiger partial charge in [0.05, 0.1) is 12.6 Å². The highest BCUT2D eigenvalue weighted by molar-refractivity contribution is 7.10. The van der Waals surface area contributed by atoms with Gasteiger partial charge in [-0.3, -0.25) is 10.1 Å². The van der Waals surface area contributed by atoms with Gasteiger partial charge < -0.3 is 4.90 Å². The number of alkyl halides is 2. The van der Waals surface area contributed by atoms with Crippen molar-refractivity contribution in [2.24, 2.45) is 5.92 Å². The van der Waals surface area contributed by atoms with E-state index in [0.717, 1.165) is 11.3 Å². The summed E-state index contributed by atoms with van der Waals surface area (Å²) in [7, 11) is 0. The van der Waals surface area contributed by atoms with E-state index in [1.54, 1.807) is 0 Å². The van der Waals surface area contributed by atoms with Crippen molar-refractivity contribution in [3.8, 4) is 0 Å². The number of hydrogen-bond donors (Lipinski definition) is 1. The van der Waals surface area contributed by atoms with Gasteiger partial charge in [0.2, 0.25) is 5.91 Å². The Labute approximate surface area is 115 Å². The Morgan fingerprint density at radius 2 is 2.26 bits per heavy atom. The van der Waals surface area contributed by atoms with Crippen LogP contribution >= 0.6 is 11.3 Å². The number of nitrogens with zero attached hydrogens (tertiary/aromatic N) is 1. The van der Waals surface area contributed by atoms with Crippen LogP contribution < -0.4 is 5.32 Å². The Hall–Kier alpha value is -1.01. The lowest BCUT2D eigenvalue weighted by molar-refractivity contribution is -0.132. The van der Waals surface area contributed by atoms with Gasteiger partial charge in [-0.2, -0.15) is 0 Å². The molecule has 1 aromatic heterocycles. The van der Waals surface area contributed by atoms with Crippen molar-refractivity contribution in [2.75, 3.05) is 6.54 Å². The molecule has 1 amide bonds. The molecule has 1 aliphatic rings. The van der Waals surface area contributed by atoms with Crippen molar-refractivity contribution in [1.82, 2.24) is 10.2 Å². The van der Waals surface area contributed by atoms with Crippen LogP contribution in [0.2, 0.25) is 0 Å². The minimum absolute atomic E-state index is 0.137. The summed E-state index contributed by atoms with van der Waals surface area (Å²) in [6.07, 6.45) is -2.09. The van der Waals surface area contributed by atoms with Crippen LogP contribution in [-0.4, -0.2) is 29.8 Å². The second kappa shape index (κ2) is 5.96. The molecule has 0 spiro atoms. The lowest BCUT2D eigenvalue weighted by atomic mass is 9.99. The number of hydrogen-bond acceptors (Lipinski definition) is 3. The molecule has 3 atom stereocenters. The third kappa shape index (κ3) is 2.95. The molecule has 3 unspecified atom stereocenters. The maximum Gasteiger partial charge on any atom is 0.255 e. The number of nitrogens with one attached hydrogen (secondary N) is 1. The third-order valence-electron chi connectivity index (χ3n) is 3.56. The predicted octanol–water partition coefficient (Wildman–Crippen LogP) is 2.86. The first-order chi connectivity index (χ1) is 9.04. The zero-order chi connectivity index (χ0) is 14.0. The van der Waals surface area contributed by atoms with Gasteiger partial charge in [0.1, 0.15) is 6.17 Å². The van der Waals surface area contributed by atoms with Crippen LogP contribution in [-0.2, 0) is 4.79 Å². The van der Waals surface area contributed by atoms with Crippen LogP contribution in [0.4, 0.5) is 8.78 Å². The zero-order valence-electron chi connectivity index (χ0n) is 11.0. The van der Waals surface area contributed by atoms with Crippen molar-refractivity contribution in [2.45, 2.75) is 38.9 Å². The number of rotatable bonds is 5. The quantitative estimate of drug-likeness (QED) is 0.903. The summed E-state index contributed by atoms with van der Waals surface area (Å²) in [6.45, 7) is 3.45. The standard InChI is InChI=1S/C13H18F2N2OS/c1-3-8(2)11-13(18)17(7-10(14)15)12(16-11)9-5-4-6-19-9/h4-6,8,10-12,16H,3,7H2,1-2H3. The lowest BCUT2D eigenvalue weighted by Gasteiger charge is -2.22. The predicted molar refractivity (Wildman–Crippen MR) is 71.2 cm³/mol. The third-order valence-corrected chi connectivity index (χ3v) is 4.48. The second-order valence-corrected chi connectivity index (χ2v) is 5.81. The molecule has 1 aromatic rings. The minimum Gasteiger partial charge on any atom is -0.315 e. The SMILES string of the molecule is CCC(C)C1NC(c2cccs2)N(CC(F)F)C1=O. The first kappa shape index (κ1) is 14.4. The minimum atomic E-state index is -2.51. The molecule has 1 fully saturated rings. The molecular weight excluding hydrogens is 270 g/mol. The summed E-state index contributed by atoms with van der Waals surface area (Å²) in [4.78, 5) is 14.5. The highest BCUT2D eigenvalue weighted by Crippen LogP contribution is 2.31. The van der Waals surface area contributed by atoms with Gasteiger partial charge in [-0.1, -0.05) is 26.3 Å². The first-order valence-corrected chi connectivity index (χ1v) is 7.30. The van der Waals surface area contributed by atoms with E-state index in [-0.39, 0.29) is 17.9 Å². The van der Waals surface area contributed by atoms with Crippen molar-refractivity contribution >= 4 is 17.2 Å². The van der Waals surface area contributed by atoms with Crippen molar-refractivity contribution in [3.63, 3.8) is 0 Å². The number of amides is 1. The van der Waals surface area contributed by atoms with E-state index in [1.165, 1.54) is 16.2 Å². The van der Waals surface area contributed by atoms with Crippen LogP contribution in [0.5, 0.6) is 0 Å². The fourth-order valence-electron chi connectivity index (χ4n) is 2.31. The fourth-order valence-corrected chi connectivity index (χ4v) is 3.10. The molecule has 1 N–H and O–H groups in total. The molecule has 0 bridgehead atoms. The second-order valence-electron chi connectivity index (χ2n) is 4.83. The summed E-state index contributed by atoms with van der Waals surface area (Å²) in [5.41, 5.74) is 0. The van der Waals surface area contributed by atoms with E-state index in [0.29, 0.717) is 0 Å². The van der Waals surface area contributed by atoms with Gasteiger partial charge in [0.25, 0.3) is 6.43 Å². The van der Waals surface area contributed by atoms with E-state index >= 15 is 0 Å². The van der Waals surface area contributed by atoms with E-state index < -0.39 is 19.1 Å². The van der Waals surface area contributed by atoms with E-state index in [2.05, 4.69) is 5.32 Å². The number of halogens is 2. The topological polar surface area (TPSA) is 32.3 Å². The molecule has 6 heteroatoms. The highest BCUT2D eigenvalue weighted by Gasteiger charge is 2.42. The Balaban J connectivity index is 2.22. The Bertz CT molecular complexity index is 424. The Morgan fingerprint density at radius 1 is 1.53 bits per heavy atom. The van der Waals surface area contributed by atoms with Crippen LogP contribution in [0.3, 0.4) is 0 Å². The number of carbonyl (C=O) groups excluding carboxylic acids is 1. The number of thiophene rings is 1. The van der Waals surface area contributed by atoms with Crippen LogP contribution in [0, 0.1) is 5.92 Å². The summed E-state index contributed by atoms with van der Waals surface area (Å²) >= 11 is 1.47. The normalized spacial score (nSPS) is 25.3. The van der Waals surface area contributed by atoms with Gasteiger partial charge in [-0.15, -0.1) is 11.3 Å². The monoisotopic (exact) mass is 288 g/mol. The van der Waals surface area contributed by atoms with Gasteiger partial charge in [-0.05, 0) is 17.4 Å². The van der Waals surface area contributed by atoms with Crippen LogP contribution in [0.15, 0.2) is 17.5 Å². The molecule has 0 aromatic carbocycles. The van der Waals surface area contributed by atoms with Crippen LogP contribution in [0.1, 0.15) is 31.3 Å². The van der Waals surface area contributed by atoms with Crippen LogP contribution in [0.25, 0.3) is 0 Å². The largest absolute Gasteiger partial charge is 0.315 e. The Kier molecular flexibility index (Phi) is 4.52. The fraction of sp³-hybridized carbons (Fsp3) is 0.615. The molecule has 0 aliphatic carbocycles. The van der Waals surface area contributed by atoms with E-state index in [4.69, 9.17) is 0 Å². The summed E-state index contributed by atoms with van der Waals surface area (Å²) < 4.78 is 25.3. The lowest BCUT2D eigenvalue weighted by Crippen LogP contribution is -2.37. The molecule has 1 saturated heterocycles. The van der Waals surface area contributed by atoms with Gasteiger partial charge >= 0.3 is 0 Å². The summed E-state index contributed by atoms with van der Waals surface area (Å²) in [6, 6.07) is 3.37. The highest BCUT2D eigenvalue weighted by atomic mass is 32.1. The van der Waals surface area contributed by atoms with Gasteiger partial charge in [-0.25, -0.2) is 8.78 Å². The zero-order valence-corrected chi connectivity index (χ0v) is 11.8. The molecule has 0 radical (unpaired) electrons. The molecule has 19 heavy (non-hydrogen) atoms. The molecule has 106 valence electrons. The molecule has 2 rings (SSSR count). The molecule has 3 nitrogen and oxygen atoms in total. The molecule has 2 heterocycles. The Morgan fingerprint density at radius 3 is 2.79 bits per heavy atom. The first-order valence-electron chi connectivity index (χ1n) is 6.42. The maximum atomic E-state index is 12.7. The average molecular weight is 288 g/mol. The maximum absolute atomic E-state index is 12.7. The smallest absolute Gasteiger partial charge is 0.255 e. The summed E-state index contributed by atoms with van der Waals surface area (Å²) in [5, 5.41) is 5.09. The van der Waals surface area contributed by atoms with E-state index in [9.17, 15) is 13.6 Å². The summed E-state index contributed by atoms with van der Waals surface area (Å²) in [5.74, 6) is -0.0781. The van der Waals surface area contributed by atoms with Crippen molar-refractivity contribution in [1.29, 1.82) is 0 Å². The van der Waals surface area contributed by atoms with E-state index in [1.807, 2.05) is 31.4 Å². The molecular formula is C13H18F2N2OS. The molecule has 0 saturated carbocycles. The number of carbonyl (C=O) groups is 1. The van der Waals surface area contributed by atoms with Crippen molar-refractivity contribution < 1.29 is 13.6 Å². The van der Waals surface area contributed by atoms with Crippen molar-refractivity contribution in [3.05, 3.63) is 22.4 Å². The van der Waals surface area contributed by atoms with Gasteiger partial charge in [0.15, 0.2) is 0 Å². The molecule has 1 aliphatic heterocycles.